The lowest BCUT2D eigenvalue weighted by atomic mass is 9.90. The molecule has 0 unspecified atom stereocenters. The second-order valence-corrected chi connectivity index (χ2v) is 6.72. The fourth-order valence-corrected chi connectivity index (χ4v) is 3.42. The van der Waals surface area contributed by atoms with Crippen molar-refractivity contribution in [3.63, 3.8) is 0 Å². The fourth-order valence-electron chi connectivity index (χ4n) is 2.46. The first-order chi connectivity index (χ1) is 9.54. The monoisotopic (exact) mass is 296 g/mol. The molecule has 4 nitrogen and oxygen atoms in total. The molecule has 1 aromatic heterocycles. The minimum atomic E-state index is -0.682. The molecule has 1 N–H and O–H groups in total. The fraction of sp³-hybridized carbons (Fsp3) is 0.733. The molecule has 1 saturated carbocycles. The van der Waals surface area contributed by atoms with Gasteiger partial charge in [0.2, 0.25) is 0 Å². The van der Waals surface area contributed by atoms with Gasteiger partial charge in [-0.25, -0.2) is 4.98 Å². The average Bonchev–Trinajstić information content (AvgIpc) is 2.89. The number of nitrogens with one attached hydrogen (secondary N) is 1. The summed E-state index contributed by atoms with van der Waals surface area (Å²) >= 11 is 1.58. The topological polar surface area (TPSA) is 51.2 Å². The van der Waals surface area contributed by atoms with Gasteiger partial charge >= 0.3 is 5.97 Å². The molecule has 2 rings (SSSR count). The SMILES string of the molecule is CCOC(=O)C(C)(C)c1csc(NC2CCCCC2)n1. The second kappa shape index (κ2) is 6.57. The van der Waals surface area contributed by atoms with E-state index >= 15 is 0 Å². The van der Waals surface area contributed by atoms with Gasteiger partial charge in [-0.3, -0.25) is 4.79 Å². The normalized spacial score (nSPS) is 16.9. The zero-order valence-corrected chi connectivity index (χ0v) is 13.4. The van der Waals surface area contributed by atoms with Gasteiger partial charge in [0, 0.05) is 11.4 Å². The van der Waals surface area contributed by atoms with Crippen molar-refractivity contribution < 1.29 is 9.53 Å². The van der Waals surface area contributed by atoms with Gasteiger partial charge < -0.3 is 10.1 Å². The molecule has 0 bridgehead atoms. The molecule has 0 atom stereocenters. The largest absolute Gasteiger partial charge is 0.465 e. The summed E-state index contributed by atoms with van der Waals surface area (Å²) in [6.45, 7) is 5.96. The van der Waals surface area contributed by atoms with Gasteiger partial charge in [-0.05, 0) is 33.6 Å². The van der Waals surface area contributed by atoms with E-state index in [0.29, 0.717) is 12.6 Å². The minimum absolute atomic E-state index is 0.213. The summed E-state index contributed by atoms with van der Waals surface area (Å²) < 4.78 is 5.13. The molecule has 20 heavy (non-hydrogen) atoms. The number of carbonyl (C=O) groups is 1. The van der Waals surface area contributed by atoms with E-state index in [2.05, 4.69) is 10.3 Å². The first kappa shape index (κ1) is 15.3. The van der Waals surface area contributed by atoms with Gasteiger partial charge in [0.1, 0.15) is 5.41 Å². The third kappa shape index (κ3) is 3.51. The number of thiazole rings is 1. The lowest BCUT2D eigenvalue weighted by Crippen LogP contribution is -2.31. The molecule has 0 aromatic carbocycles. The molecule has 1 aromatic rings. The van der Waals surface area contributed by atoms with Crippen LogP contribution in [-0.2, 0) is 14.9 Å². The van der Waals surface area contributed by atoms with Crippen LogP contribution in [0.25, 0.3) is 0 Å². The van der Waals surface area contributed by atoms with Crippen LogP contribution in [0.1, 0.15) is 58.6 Å². The van der Waals surface area contributed by atoms with Gasteiger partial charge in [-0.1, -0.05) is 19.3 Å². The molecule has 0 spiro atoms. The number of hydrogen-bond acceptors (Lipinski definition) is 5. The van der Waals surface area contributed by atoms with Gasteiger partial charge in [-0.15, -0.1) is 11.3 Å². The van der Waals surface area contributed by atoms with Crippen LogP contribution >= 0.6 is 11.3 Å². The Balaban J connectivity index is 2.02. The lowest BCUT2D eigenvalue weighted by molar-refractivity contribution is -0.148. The van der Waals surface area contributed by atoms with E-state index in [4.69, 9.17) is 4.74 Å². The highest BCUT2D eigenvalue weighted by atomic mass is 32.1. The Kier molecular flexibility index (Phi) is 5.02. The van der Waals surface area contributed by atoms with Crippen LogP contribution in [0.4, 0.5) is 5.13 Å². The van der Waals surface area contributed by atoms with Gasteiger partial charge in [0.25, 0.3) is 0 Å². The predicted molar refractivity (Wildman–Crippen MR) is 82.3 cm³/mol. The highest BCUT2D eigenvalue weighted by Gasteiger charge is 2.34. The van der Waals surface area contributed by atoms with E-state index in [-0.39, 0.29) is 5.97 Å². The smallest absolute Gasteiger partial charge is 0.317 e. The summed E-state index contributed by atoms with van der Waals surface area (Å²) in [7, 11) is 0. The molecule has 0 aliphatic heterocycles. The Morgan fingerprint density at radius 1 is 1.45 bits per heavy atom. The van der Waals surface area contributed by atoms with Crippen molar-refractivity contribution in [2.24, 2.45) is 0 Å². The summed E-state index contributed by atoms with van der Waals surface area (Å²) in [6.07, 6.45) is 6.37. The second-order valence-electron chi connectivity index (χ2n) is 5.86. The predicted octanol–water partition coefficient (Wildman–Crippen LogP) is 3.73. The lowest BCUT2D eigenvalue weighted by Gasteiger charge is -2.22. The zero-order chi connectivity index (χ0) is 14.6. The standard InChI is InChI=1S/C15H24N2O2S/c1-4-19-13(18)15(2,3)12-10-20-14(17-12)16-11-8-6-5-7-9-11/h10-11H,4-9H2,1-3H3,(H,16,17). The van der Waals surface area contributed by atoms with Crippen molar-refractivity contribution in [2.45, 2.75) is 64.3 Å². The van der Waals surface area contributed by atoms with Crippen molar-refractivity contribution in [3.05, 3.63) is 11.1 Å². The third-order valence-electron chi connectivity index (χ3n) is 3.86. The molecule has 0 saturated heterocycles. The maximum atomic E-state index is 12.0. The molecular weight excluding hydrogens is 272 g/mol. The summed E-state index contributed by atoms with van der Waals surface area (Å²) in [5.74, 6) is -0.213. The van der Waals surface area contributed by atoms with Crippen LogP contribution in [-0.4, -0.2) is 23.6 Å². The van der Waals surface area contributed by atoms with Crippen LogP contribution in [0.15, 0.2) is 5.38 Å². The molecule has 1 aliphatic carbocycles. The Morgan fingerprint density at radius 2 is 2.15 bits per heavy atom. The number of esters is 1. The number of anilines is 1. The maximum absolute atomic E-state index is 12.0. The first-order valence-electron chi connectivity index (χ1n) is 7.43. The van der Waals surface area contributed by atoms with E-state index in [9.17, 15) is 4.79 Å². The molecule has 112 valence electrons. The number of nitrogens with zero attached hydrogens (tertiary/aromatic N) is 1. The number of carbonyl (C=O) groups excluding carboxylic acids is 1. The van der Waals surface area contributed by atoms with E-state index < -0.39 is 5.41 Å². The van der Waals surface area contributed by atoms with Gasteiger partial charge in [0.15, 0.2) is 5.13 Å². The zero-order valence-electron chi connectivity index (χ0n) is 12.6. The van der Waals surface area contributed by atoms with Gasteiger partial charge in [-0.2, -0.15) is 0 Å². The molecule has 0 amide bonds. The molecule has 0 radical (unpaired) electrons. The summed E-state index contributed by atoms with van der Waals surface area (Å²) in [4.78, 5) is 16.6. The molecular formula is C15H24N2O2S. The van der Waals surface area contributed by atoms with E-state index in [1.54, 1.807) is 11.3 Å². The van der Waals surface area contributed by atoms with Crippen LogP contribution < -0.4 is 5.32 Å². The van der Waals surface area contributed by atoms with Crippen LogP contribution in [0.5, 0.6) is 0 Å². The van der Waals surface area contributed by atoms with Crippen LogP contribution in [0, 0.1) is 0 Å². The van der Waals surface area contributed by atoms with Gasteiger partial charge in [0.05, 0.1) is 12.3 Å². The Hall–Kier alpha value is -1.10. The third-order valence-corrected chi connectivity index (χ3v) is 4.64. The number of aromatic nitrogens is 1. The summed E-state index contributed by atoms with van der Waals surface area (Å²) in [6, 6.07) is 0.536. The summed E-state index contributed by atoms with van der Waals surface area (Å²) in [5, 5.41) is 6.38. The number of ether oxygens (including phenoxy) is 1. The van der Waals surface area contributed by atoms with Crippen molar-refractivity contribution >= 4 is 22.4 Å². The molecule has 1 aliphatic rings. The molecule has 1 fully saturated rings. The Morgan fingerprint density at radius 3 is 2.80 bits per heavy atom. The van der Waals surface area contributed by atoms with Crippen molar-refractivity contribution in [2.75, 3.05) is 11.9 Å². The number of hydrogen-bond donors (Lipinski definition) is 1. The Labute approximate surface area is 124 Å². The Bertz CT molecular complexity index is 450. The summed E-state index contributed by atoms with van der Waals surface area (Å²) in [5.41, 5.74) is 0.109. The van der Waals surface area contributed by atoms with E-state index in [0.717, 1.165) is 10.8 Å². The molecule has 1 heterocycles. The van der Waals surface area contributed by atoms with E-state index in [1.165, 1.54) is 32.1 Å². The highest BCUT2D eigenvalue weighted by molar-refractivity contribution is 7.13. The van der Waals surface area contributed by atoms with Crippen LogP contribution in [0.3, 0.4) is 0 Å². The minimum Gasteiger partial charge on any atom is -0.465 e. The van der Waals surface area contributed by atoms with Crippen molar-refractivity contribution in [3.8, 4) is 0 Å². The molecule has 5 heteroatoms. The maximum Gasteiger partial charge on any atom is 0.317 e. The van der Waals surface area contributed by atoms with Crippen molar-refractivity contribution in [1.29, 1.82) is 0 Å². The average molecular weight is 296 g/mol. The first-order valence-corrected chi connectivity index (χ1v) is 8.31. The number of rotatable bonds is 5. The highest BCUT2D eigenvalue weighted by Crippen LogP contribution is 2.30. The van der Waals surface area contributed by atoms with Crippen LogP contribution in [0.2, 0.25) is 0 Å². The van der Waals surface area contributed by atoms with E-state index in [1.807, 2.05) is 26.2 Å². The van der Waals surface area contributed by atoms with Crippen molar-refractivity contribution in [1.82, 2.24) is 4.98 Å². The quantitative estimate of drug-likeness (QED) is 0.841.